The predicted octanol–water partition coefficient (Wildman–Crippen LogP) is 0.0254. The number of primary amides is 1. The molecule has 364 valence electrons. The molecule has 1 heterocycles. The van der Waals surface area contributed by atoms with Gasteiger partial charge in [0.05, 0.1) is 25.9 Å². The summed E-state index contributed by atoms with van der Waals surface area (Å²) >= 11 is 0. The van der Waals surface area contributed by atoms with Gasteiger partial charge in [-0.2, -0.15) is 0 Å². The zero-order valence-electron chi connectivity index (χ0n) is 37.1. The Morgan fingerprint density at radius 2 is 1.51 bits per heavy atom. The summed E-state index contributed by atoms with van der Waals surface area (Å²) in [6, 6.07) is 1.92. The molecule has 1 aromatic rings. The van der Waals surface area contributed by atoms with Crippen LogP contribution in [0.3, 0.4) is 0 Å². The number of amides is 6. The molecule has 1 aliphatic heterocycles. The summed E-state index contributed by atoms with van der Waals surface area (Å²) < 4.78 is 26.8. The Morgan fingerprint density at radius 1 is 0.862 bits per heavy atom. The molecule has 2 fully saturated rings. The van der Waals surface area contributed by atoms with Gasteiger partial charge < -0.3 is 81.5 Å². The largest absolute Gasteiger partial charge is 0.460 e. The maximum Gasteiger partial charge on any atom is 0.407 e. The van der Waals surface area contributed by atoms with Gasteiger partial charge >= 0.3 is 24.2 Å². The number of hydrogen-bond donors (Lipinski definition) is 11. The average Bonchev–Trinajstić information content (AvgIpc) is 3.91. The molecule has 0 radical (unpaired) electrons. The average molecular weight is 923 g/mol. The molecule has 65 heavy (non-hydrogen) atoms. The number of rotatable bonds is 22. The molecule has 2 aliphatic carbocycles. The highest BCUT2D eigenvalue weighted by molar-refractivity contribution is 5.98. The molecule has 1 saturated heterocycles. The van der Waals surface area contributed by atoms with Crippen LogP contribution in [0.2, 0.25) is 0 Å². The zero-order valence-corrected chi connectivity index (χ0v) is 37.1. The highest BCUT2D eigenvalue weighted by Gasteiger charge is 2.49. The highest BCUT2D eigenvalue weighted by atomic mass is 16.7. The van der Waals surface area contributed by atoms with Crippen LogP contribution in [0.1, 0.15) is 71.8 Å². The number of aliphatic hydroxyl groups excluding tert-OH is 5. The molecule has 1 aromatic carbocycles. The van der Waals surface area contributed by atoms with Crippen molar-refractivity contribution in [3.8, 4) is 0 Å². The van der Waals surface area contributed by atoms with Crippen LogP contribution in [0.5, 0.6) is 0 Å². The number of fused-ring (bicyclic) bond motifs is 1. The van der Waals surface area contributed by atoms with Gasteiger partial charge in [0.2, 0.25) is 11.8 Å². The van der Waals surface area contributed by atoms with Crippen molar-refractivity contribution >= 4 is 41.7 Å². The zero-order chi connectivity index (χ0) is 47.8. The Bertz CT molecular complexity index is 1750. The lowest BCUT2D eigenvalue weighted by molar-refractivity contribution is -0.303. The number of hydrogen-bond acceptors (Lipinski definition) is 16. The molecule has 12 N–H and O–H groups in total. The van der Waals surface area contributed by atoms with Gasteiger partial charge in [-0.15, -0.1) is 0 Å². The van der Waals surface area contributed by atoms with Crippen molar-refractivity contribution in [2.45, 2.75) is 134 Å². The third-order valence-corrected chi connectivity index (χ3v) is 11.7. The van der Waals surface area contributed by atoms with Crippen LogP contribution in [0.15, 0.2) is 36.4 Å². The normalized spacial score (nSPS) is 26.5. The third-order valence-electron chi connectivity index (χ3n) is 11.7. The monoisotopic (exact) mass is 922 g/mol. The number of alkyl carbamates (subject to hydrolysis) is 2. The molecule has 6 amide bonds. The maximum atomic E-state index is 13.6. The molecule has 0 bridgehead atoms. The van der Waals surface area contributed by atoms with E-state index in [1.165, 1.54) is 19.1 Å². The summed E-state index contributed by atoms with van der Waals surface area (Å²) in [4.78, 5) is 75.8. The lowest BCUT2D eigenvalue weighted by Crippen LogP contribution is -2.60. The van der Waals surface area contributed by atoms with Crippen LogP contribution in [-0.4, -0.2) is 149 Å². The number of carbonyl (C=O) groups excluding carboxylic acids is 6. The molecule has 0 spiro atoms. The second-order valence-corrected chi connectivity index (χ2v) is 16.9. The Hall–Kier alpha value is -5.10. The molecular formula is C43H66N6O16. The first-order valence-electron chi connectivity index (χ1n) is 21.9. The quantitative estimate of drug-likeness (QED) is 0.0316. The van der Waals surface area contributed by atoms with Crippen LogP contribution in [0.25, 0.3) is 0 Å². The molecule has 3 unspecified atom stereocenters. The van der Waals surface area contributed by atoms with Crippen molar-refractivity contribution in [1.29, 1.82) is 0 Å². The minimum atomic E-state index is -1.77. The Kier molecular flexibility index (Phi) is 20.7. The first-order valence-corrected chi connectivity index (χ1v) is 21.9. The molecule has 0 aromatic heterocycles. The summed E-state index contributed by atoms with van der Waals surface area (Å²) in [6.07, 6.45) is -3.69. The number of urea groups is 1. The molecule has 22 nitrogen and oxygen atoms in total. The Balaban J connectivity index is 1.32. The minimum absolute atomic E-state index is 0.0936. The SMILES string of the molecule is CC(=O)O[C@H](C)[C@@H](O)[C@H](CO[C@H]1OC(CO)[C@H](O)C(O)C1O)NC(=O)OCc1ccc(NC(=O)[C@H](CCCNC(N)=O)NC(=O)[C@@H](NC(=O)OC[C@H]2[C@@H]3CC/C=C\CC[C@@H]32)C(C)C)cc1. The van der Waals surface area contributed by atoms with Gasteiger partial charge in [-0.05, 0) is 86.8 Å². The summed E-state index contributed by atoms with van der Waals surface area (Å²) in [5.74, 6) is -0.961. The summed E-state index contributed by atoms with van der Waals surface area (Å²) in [5, 5.41) is 63.9. The predicted molar refractivity (Wildman–Crippen MR) is 229 cm³/mol. The number of esters is 1. The number of carbonyl (C=O) groups is 6. The highest BCUT2D eigenvalue weighted by Crippen LogP contribution is 2.52. The fourth-order valence-electron chi connectivity index (χ4n) is 7.91. The van der Waals surface area contributed by atoms with Crippen molar-refractivity contribution in [3.63, 3.8) is 0 Å². The summed E-state index contributed by atoms with van der Waals surface area (Å²) in [7, 11) is 0. The van der Waals surface area contributed by atoms with Crippen molar-refractivity contribution in [3.05, 3.63) is 42.0 Å². The van der Waals surface area contributed by atoms with E-state index < -0.39 is 110 Å². The van der Waals surface area contributed by atoms with E-state index in [0.717, 1.165) is 32.6 Å². The van der Waals surface area contributed by atoms with Gasteiger partial charge in [-0.1, -0.05) is 38.1 Å². The summed E-state index contributed by atoms with van der Waals surface area (Å²) in [5.41, 5.74) is 5.96. The summed E-state index contributed by atoms with van der Waals surface area (Å²) in [6.45, 7) is 4.77. The van der Waals surface area contributed by atoms with Gasteiger partial charge in [0.15, 0.2) is 6.29 Å². The Labute approximate surface area is 377 Å². The number of ether oxygens (including phenoxy) is 5. The fraction of sp³-hybridized carbons (Fsp3) is 0.674. The molecule has 1 saturated carbocycles. The van der Waals surface area contributed by atoms with Gasteiger partial charge in [0.25, 0.3) is 0 Å². The van der Waals surface area contributed by atoms with Gasteiger partial charge in [0, 0.05) is 19.2 Å². The topological polar surface area (TPSA) is 336 Å². The minimum Gasteiger partial charge on any atom is -0.460 e. The standard InChI is InChI=1S/C43H66N6O16/c1-22(2)33(49-43(60)63-20-29-27-10-7-5-6-8-11-28(27)29)39(57)47-30(12-9-17-45-41(44)58)38(56)46-26-15-13-25(14-16-26)19-62-42(59)48-31(34(52)23(3)64-24(4)51)21-61-40-37(55)36(54)35(53)32(18-50)65-40/h5-6,13-16,22-23,27-37,40,50,52-55H,7-12,17-21H2,1-4H3,(H,46,56)(H,47,57)(H,48,59)(H,49,60)(H3,44,45,58)/b6-5-/t23-,27-,28+,29+,30+,31+,32?,33+,34-,35+,36?,37?,40+/m1/s1. The van der Waals surface area contributed by atoms with Gasteiger partial charge in [-0.25, -0.2) is 14.4 Å². The second-order valence-electron chi connectivity index (χ2n) is 16.9. The van der Waals surface area contributed by atoms with Gasteiger partial charge in [0.1, 0.15) is 55.3 Å². The molecule has 13 atom stereocenters. The van der Waals surface area contributed by atoms with Crippen molar-refractivity contribution in [1.82, 2.24) is 21.3 Å². The lowest BCUT2D eigenvalue weighted by Gasteiger charge is -2.40. The number of allylic oxidation sites excluding steroid dienone is 2. The van der Waals surface area contributed by atoms with Crippen LogP contribution >= 0.6 is 0 Å². The number of anilines is 1. The van der Waals surface area contributed by atoms with Gasteiger partial charge in [-0.3, -0.25) is 14.4 Å². The van der Waals surface area contributed by atoms with Crippen LogP contribution in [0.4, 0.5) is 20.1 Å². The van der Waals surface area contributed by atoms with E-state index >= 15 is 0 Å². The van der Waals surface area contributed by atoms with Crippen LogP contribution < -0.4 is 32.3 Å². The van der Waals surface area contributed by atoms with Crippen molar-refractivity contribution in [2.75, 3.05) is 31.7 Å². The number of nitrogens with two attached hydrogens (primary N) is 1. The Morgan fingerprint density at radius 3 is 2.11 bits per heavy atom. The van der Waals surface area contributed by atoms with E-state index in [4.69, 9.17) is 29.4 Å². The van der Waals surface area contributed by atoms with E-state index in [1.807, 2.05) is 0 Å². The number of nitrogens with one attached hydrogen (secondary N) is 5. The number of aliphatic hydroxyl groups is 5. The second kappa shape index (κ2) is 25.6. The lowest BCUT2D eigenvalue weighted by atomic mass is 9.99. The van der Waals surface area contributed by atoms with E-state index in [-0.39, 0.29) is 38.5 Å². The molecule has 4 rings (SSSR count). The van der Waals surface area contributed by atoms with Crippen LogP contribution in [-0.2, 0) is 44.7 Å². The number of benzene rings is 1. The van der Waals surface area contributed by atoms with E-state index in [0.29, 0.717) is 29.0 Å². The first kappa shape index (κ1) is 52.5. The molecule has 22 heteroatoms. The first-order chi connectivity index (χ1) is 30.9. The van der Waals surface area contributed by atoms with Crippen molar-refractivity contribution < 1.29 is 78.0 Å². The van der Waals surface area contributed by atoms with E-state index in [9.17, 15) is 54.3 Å². The fourth-order valence-corrected chi connectivity index (χ4v) is 7.91. The third kappa shape index (κ3) is 16.4. The van der Waals surface area contributed by atoms with Crippen molar-refractivity contribution in [2.24, 2.45) is 29.4 Å². The van der Waals surface area contributed by atoms with Crippen LogP contribution in [0, 0.1) is 23.7 Å². The molecular weight excluding hydrogens is 856 g/mol. The smallest absolute Gasteiger partial charge is 0.407 e. The maximum absolute atomic E-state index is 13.6. The molecule has 3 aliphatic rings. The van der Waals surface area contributed by atoms with E-state index in [1.54, 1.807) is 26.0 Å². The van der Waals surface area contributed by atoms with E-state index in [2.05, 4.69) is 38.7 Å².